The van der Waals surface area contributed by atoms with Gasteiger partial charge >= 0.3 is 0 Å². The zero-order valence-corrected chi connectivity index (χ0v) is 27.3. The Kier molecular flexibility index (Phi) is 6.76. The SMILES string of the molecule is CC1(C)CCC(C)(C)c2cc(N(c3ccc(-c4ccccc4)cc3)c3cccc4c3-c3ccc(-c5ccccc5)cc3C4)ccc21. The third-order valence-electron chi connectivity index (χ3n) is 10.6. The highest BCUT2D eigenvalue weighted by Gasteiger charge is 2.37. The largest absolute Gasteiger partial charge is 0.310 e. The van der Waals surface area contributed by atoms with Crippen LogP contribution in [0.4, 0.5) is 17.1 Å². The van der Waals surface area contributed by atoms with E-state index in [1.807, 2.05) is 0 Å². The second kappa shape index (κ2) is 10.9. The Bertz CT molecular complexity index is 2050. The molecule has 2 aliphatic rings. The first-order chi connectivity index (χ1) is 22.3. The Labute approximate surface area is 274 Å². The van der Waals surface area contributed by atoms with Crippen molar-refractivity contribution in [3.63, 3.8) is 0 Å². The Balaban J connectivity index is 1.30. The van der Waals surface area contributed by atoms with Crippen LogP contribution < -0.4 is 4.90 Å². The maximum atomic E-state index is 2.51. The monoisotopic (exact) mass is 595 g/mol. The summed E-state index contributed by atoms with van der Waals surface area (Å²) in [6, 6.07) is 51.7. The quantitative estimate of drug-likeness (QED) is 0.191. The highest BCUT2D eigenvalue weighted by Crippen LogP contribution is 2.51. The van der Waals surface area contributed by atoms with Crippen molar-refractivity contribution in [2.75, 3.05) is 4.90 Å². The fourth-order valence-electron chi connectivity index (χ4n) is 7.81. The van der Waals surface area contributed by atoms with E-state index in [2.05, 4.69) is 172 Å². The molecular formula is C45H41N. The topological polar surface area (TPSA) is 3.24 Å². The molecule has 0 unspecified atom stereocenters. The molecule has 1 nitrogen and oxygen atoms in total. The van der Waals surface area contributed by atoms with Crippen molar-refractivity contribution in [1.82, 2.24) is 0 Å². The Hall–Kier alpha value is -4.88. The number of hydrogen-bond acceptors (Lipinski definition) is 1. The molecule has 0 N–H and O–H groups in total. The van der Waals surface area contributed by atoms with Crippen LogP contribution in [-0.2, 0) is 17.3 Å². The first-order valence-corrected chi connectivity index (χ1v) is 16.7. The Morgan fingerprint density at radius 3 is 1.74 bits per heavy atom. The van der Waals surface area contributed by atoms with Gasteiger partial charge in [0.15, 0.2) is 0 Å². The Morgan fingerprint density at radius 1 is 0.457 bits per heavy atom. The molecule has 0 radical (unpaired) electrons. The predicted octanol–water partition coefficient (Wildman–Crippen LogP) is 12.4. The van der Waals surface area contributed by atoms with Gasteiger partial charge in [0.1, 0.15) is 0 Å². The van der Waals surface area contributed by atoms with Crippen LogP contribution in [0.15, 0.2) is 140 Å². The zero-order chi connectivity index (χ0) is 31.5. The molecule has 0 aromatic heterocycles. The van der Waals surface area contributed by atoms with E-state index in [4.69, 9.17) is 0 Å². The van der Waals surface area contributed by atoms with Crippen molar-refractivity contribution in [3.8, 4) is 33.4 Å². The van der Waals surface area contributed by atoms with Gasteiger partial charge in [0.2, 0.25) is 0 Å². The lowest BCUT2D eigenvalue weighted by Crippen LogP contribution is -2.34. The van der Waals surface area contributed by atoms with Gasteiger partial charge in [0, 0.05) is 16.9 Å². The molecule has 0 spiro atoms. The van der Waals surface area contributed by atoms with Crippen LogP contribution in [0.5, 0.6) is 0 Å². The molecule has 0 aliphatic heterocycles. The lowest BCUT2D eigenvalue weighted by atomic mass is 9.63. The maximum absolute atomic E-state index is 2.51. The van der Waals surface area contributed by atoms with E-state index in [0.717, 1.165) is 6.42 Å². The average Bonchev–Trinajstić information content (AvgIpc) is 3.47. The summed E-state index contributed by atoms with van der Waals surface area (Å²) in [5.41, 5.74) is 17.4. The molecule has 2 aliphatic carbocycles. The minimum atomic E-state index is 0.128. The third-order valence-corrected chi connectivity index (χ3v) is 10.6. The standard InChI is InChI=1S/C45H41N/c1-44(2)26-27-45(3,4)41-30-38(23-25-40(41)44)46(37-21-18-33(19-22-37)31-12-7-5-8-13-31)42-17-11-16-35-29-36-28-34(20-24-39(36)43(35)42)32-14-9-6-10-15-32/h5-25,28,30H,26-27,29H2,1-4H3. The van der Waals surface area contributed by atoms with E-state index < -0.39 is 0 Å². The van der Waals surface area contributed by atoms with Crippen molar-refractivity contribution in [2.45, 2.75) is 57.8 Å². The van der Waals surface area contributed by atoms with Gasteiger partial charge < -0.3 is 4.90 Å². The van der Waals surface area contributed by atoms with Crippen LogP contribution in [0.2, 0.25) is 0 Å². The van der Waals surface area contributed by atoms with E-state index in [0.29, 0.717) is 0 Å². The van der Waals surface area contributed by atoms with Crippen molar-refractivity contribution < 1.29 is 0 Å². The average molecular weight is 596 g/mol. The number of nitrogens with zero attached hydrogens (tertiary/aromatic N) is 1. The number of rotatable bonds is 5. The molecular weight excluding hydrogens is 555 g/mol. The summed E-state index contributed by atoms with van der Waals surface area (Å²) in [6.07, 6.45) is 3.36. The lowest BCUT2D eigenvalue weighted by molar-refractivity contribution is 0.332. The van der Waals surface area contributed by atoms with Gasteiger partial charge in [-0.1, -0.05) is 137 Å². The van der Waals surface area contributed by atoms with Gasteiger partial charge in [-0.05, 0) is 110 Å². The van der Waals surface area contributed by atoms with Gasteiger partial charge in [0.05, 0.1) is 5.69 Å². The molecule has 0 saturated carbocycles. The minimum Gasteiger partial charge on any atom is -0.310 e. The van der Waals surface area contributed by atoms with E-state index in [1.165, 1.54) is 85.5 Å². The molecule has 0 bridgehead atoms. The zero-order valence-electron chi connectivity index (χ0n) is 27.3. The molecule has 226 valence electrons. The molecule has 0 heterocycles. The highest BCUT2D eigenvalue weighted by molar-refractivity contribution is 5.94. The second-order valence-electron chi connectivity index (χ2n) is 14.5. The van der Waals surface area contributed by atoms with Gasteiger partial charge in [-0.25, -0.2) is 0 Å². The summed E-state index contributed by atoms with van der Waals surface area (Å²) >= 11 is 0. The molecule has 8 rings (SSSR count). The second-order valence-corrected chi connectivity index (χ2v) is 14.5. The maximum Gasteiger partial charge on any atom is 0.0543 e. The Morgan fingerprint density at radius 2 is 1.04 bits per heavy atom. The van der Waals surface area contributed by atoms with Crippen molar-refractivity contribution in [1.29, 1.82) is 0 Å². The van der Waals surface area contributed by atoms with Crippen molar-refractivity contribution in [3.05, 3.63) is 162 Å². The molecule has 1 heteroatoms. The summed E-state index contributed by atoms with van der Waals surface area (Å²) < 4.78 is 0. The number of fused-ring (bicyclic) bond motifs is 4. The summed E-state index contributed by atoms with van der Waals surface area (Å²) in [4.78, 5) is 2.51. The first-order valence-electron chi connectivity index (χ1n) is 16.7. The smallest absolute Gasteiger partial charge is 0.0543 e. The van der Waals surface area contributed by atoms with Crippen molar-refractivity contribution >= 4 is 17.1 Å². The van der Waals surface area contributed by atoms with E-state index in [1.54, 1.807) is 0 Å². The van der Waals surface area contributed by atoms with Gasteiger partial charge in [0.25, 0.3) is 0 Å². The number of anilines is 3. The molecule has 46 heavy (non-hydrogen) atoms. The van der Waals surface area contributed by atoms with Crippen LogP contribution in [0.1, 0.15) is 62.8 Å². The molecule has 0 atom stereocenters. The minimum absolute atomic E-state index is 0.128. The summed E-state index contributed by atoms with van der Waals surface area (Å²) in [5, 5.41) is 0. The number of hydrogen-bond donors (Lipinski definition) is 0. The molecule has 0 fully saturated rings. The van der Waals surface area contributed by atoms with Crippen molar-refractivity contribution in [2.24, 2.45) is 0 Å². The highest BCUT2D eigenvalue weighted by atomic mass is 15.1. The van der Waals surface area contributed by atoms with Gasteiger partial charge in [-0.2, -0.15) is 0 Å². The summed E-state index contributed by atoms with van der Waals surface area (Å²) in [5.74, 6) is 0. The summed E-state index contributed by atoms with van der Waals surface area (Å²) in [7, 11) is 0. The van der Waals surface area contributed by atoms with E-state index in [-0.39, 0.29) is 10.8 Å². The van der Waals surface area contributed by atoms with Gasteiger partial charge in [-0.3, -0.25) is 0 Å². The predicted molar refractivity (Wildman–Crippen MR) is 196 cm³/mol. The van der Waals surface area contributed by atoms with Crippen LogP contribution in [0.25, 0.3) is 33.4 Å². The molecule has 6 aromatic carbocycles. The van der Waals surface area contributed by atoms with Crippen LogP contribution in [0, 0.1) is 0 Å². The number of benzene rings is 6. The normalized spacial score (nSPS) is 15.5. The van der Waals surface area contributed by atoms with Crippen LogP contribution >= 0.6 is 0 Å². The summed E-state index contributed by atoms with van der Waals surface area (Å²) in [6.45, 7) is 9.66. The fraction of sp³-hybridized carbons (Fsp3) is 0.200. The van der Waals surface area contributed by atoms with E-state index in [9.17, 15) is 0 Å². The van der Waals surface area contributed by atoms with E-state index >= 15 is 0 Å². The lowest BCUT2D eigenvalue weighted by Gasteiger charge is -2.42. The molecule has 6 aromatic rings. The molecule has 0 amide bonds. The third kappa shape index (κ3) is 4.86. The van der Waals surface area contributed by atoms with Gasteiger partial charge in [-0.15, -0.1) is 0 Å². The van der Waals surface area contributed by atoms with Crippen LogP contribution in [0.3, 0.4) is 0 Å². The fourth-order valence-corrected chi connectivity index (χ4v) is 7.81. The van der Waals surface area contributed by atoms with Crippen LogP contribution in [-0.4, -0.2) is 0 Å². The molecule has 0 saturated heterocycles. The first kappa shape index (κ1) is 28.6.